The highest BCUT2D eigenvalue weighted by Crippen LogP contribution is 2.43. The summed E-state index contributed by atoms with van der Waals surface area (Å²) in [7, 11) is -4.78. The van der Waals surface area contributed by atoms with Crippen LogP contribution >= 0.6 is 7.82 Å². The van der Waals surface area contributed by atoms with Crippen LogP contribution in [-0.4, -0.2) is 66.5 Å². The van der Waals surface area contributed by atoms with E-state index in [9.17, 15) is 28.9 Å². The predicted molar refractivity (Wildman–Crippen MR) is 353 cm³/mol. The maximum atomic E-state index is 13.0. The van der Waals surface area contributed by atoms with Gasteiger partial charge in [0, 0.05) is 19.3 Å². The third kappa shape index (κ3) is 62.2. The minimum atomic E-state index is -4.78. The highest BCUT2D eigenvalue weighted by atomic mass is 31.2. The molecule has 2 N–H and O–H groups in total. The molecule has 0 aliphatic carbocycles. The van der Waals surface area contributed by atoms with Crippen molar-refractivity contribution in [2.45, 2.75) is 277 Å². The fourth-order valence-corrected chi connectivity index (χ4v) is 9.36. The molecule has 12 heteroatoms. The van der Waals surface area contributed by atoms with E-state index in [0.717, 1.165) is 180 Å². The minimum Gasteiger partial charge on any atom is -0.462 e. The van der Waals surface area contributed by atoms with E-state index in [1.165, 1.54) is 25.7 Å². The van der Waals surface area contributed by atoms with Gasteiger partial charge in [0.25, 0.3) is 0 Å². The first kappa shape index (κ1) is 79.6. The maximum absolute atomic E-state index is 13.0. The molecule has 0 aromatic rings. The SMILES string of the molecule is CC/C=C\C/C=C\C/C=C\C/C=C\CCCCCCCCC(=O)OC(CO)COP(=O)(O)OCC(COC(=O)CCCCCCCC/C=C\C/C=C\C/C=C\CCCCC)OC(=O)CCCCCCCC/C=C\C/C=C\C/C=C\C/C=C\CC. The van der Waals surface area contributed by atoms with Crippen molar-refractivity contribution in [1.82, 2.24) is 0 Å². The summed E-state index contributed by atoms with van der Waals surface area (Å²) in [6, 6.07) is 0. The average Bonchev–Trinajstić information content (AvgIpc) is 3.54. The van der Waals surface area contributed by atoms with E-state index >= 15 is 0 Å². The van der Waals surface area contributed by atoms with Crippen molar-refractivity contribution in [1.29, 1.82) is 0 Å². The van der Waals surface area contributed by atoms with Gasteiger partial charge in [0.2, 0.25) is 0 Å². The van der Waals surface area contributed by atoms with Crippen molar-refractivity contribution < 1.29 is 52.2 Å². The second kappa shape index (κ2) is 64.6. The average molecular weight is 1190 g/mol. The molecular formula is C72H119O11P. The van der Waals surface area contributed by atoms with Gasteiger partial charge in [-0.05, 0) is 135 Å². The molecule has 0 fully saturated rings. The number of aliphatic hydroxyl groups is 1. The molecule has 0 rings (SSSR count). The summed E-state index contributed by atoms with van der Waals surface area (Å²) in [5, 5.41) is 9.87. The van der Waals surface area contributed by atoms with Gasteiger partial charge in [-0.2, -0.15) is 0 Å². The van der Waals surface area contributed by atoms with Crippen molar-refractivity contribution >= 4 is 25.7 Å². The van der Waals surface area contributed by atoms with Crippen molar-refractivity contribution in [3.8, 4) is 0 Å². The van der Waals surface area contributed by atoms with Crippen LogP contribution in [-0.2, 0) is 42.2 Å². The number of hydrogen-bond acceptors (Lipinski definition) is 10. The zero-order chi connectivity index (χ0) is 61.2. The number of ether oxygens (including phenoxy) is 3. The molecule has 0 heterocycles. The van der Waals surface area contributed by atoms with Crippen molar-refractivity contribution in [2.75, 3.05) is 26.4 Å². The molecule has 84 heavy (non-hydrogen) atoms. The Labute approximate surface area is 512 Å². The Morgan fingerprint density at radius 1 is 0.345 bits per heavy atom. The molecular weight excluding hydrogens is 1070 g/mol. The Balaban J connectivity index is 4.77. The van der Waals surface area contributed by atoms with Gasteiger partial charge < -0.3 is 24.2 Å². The Morgan fingerprint density at radius 2 is 0.619 bits per heavy atom. The molecule has 0 aliphatic heterocycles. The monoisotopic (exact) mass is 1190 g/mol. The molecule has 0 radical (unpaired) electrons. The van der Waals surface area contributed by atoms with Gasteiger partial charge in [-0.3, -0.25) is 23.4 Å². The fraction of sp³-hybridized carbons (Fsp3) is 0.653. The highest BCUT2D eigenvalue weighted by molar-refractivity contribution is 7.47. The summed E-state index contributed by atoms with van der Waals surface area (Å²) in [4.78, 5) is 48.9. The van der Waals surface area contributed by atoms with Crippen LogP contribution < -0.4 is 0 Å². The van der Waals surface area contributed by atoms with E-state index in [4.69, 9.17) is 23.3 Å². The molecule has 0 spiro atoms. The van der Waals surface area contributed by atoms with Crippen LogP contribution in [0, 0.1) is 0 Å². The molecule has 0 aromatic heterocycles. The summed E-state index contributed by atoms with van der Waals surface area (Å²) >= 11 is 0. The second-order valence-electron chi connectivity index (χ2n) is 21.5. The normalized spacial score (nSPS) is 14.1. The van der Waals surface area contributed by atoms with Crippen LogP contribution in [0.2, 0.25) is 0 Å². The van der Waals surface area contributed by atoms with Gasteiger partial charge in [0.15, 0.2) is 6.10 Å². The lowest BCUT2D eigenvalue weighted by atomic mass is 10.1. The molecule has 3 atom stereocenters. The van der Waals surface area contributed by atoms with Crippen molar-refractivity contribution in [3.63, 3.8) is 0 Å². The van der Waals surface area contributed by atoms with Gasteiger partial charge in [-0.25, -0.2) is 4.57 Å². The van der Waals surface area contributed by atoms with E-state index in [1.807, 2.05) is 0 Å². The lowest BCUT2D eigenvalue weighted by Gasteiger charge is -2.21. The number of rotatable bonds is 60. The van der Waals surface area contributed by atoms with Gasteiger partial charge in [-0.15, -0.1) is 0 Å². The number of carbonyl (C=O) groups is 3. The number of phosphoric acid groups is 1. The lowest BCUT2D eigenvalue weighted by molar-refractivity contribution is -0.161. The first-order valence-electron chi connectivity index (χ1n) is 33.1. The number of allylic oxidation sites excluding steroid dienone is 22. The van der Waals surface area contributed by atoms with Crippen LogP contribution in [0.15, 0.2) is 134 Å². The summed E-state index contributed by atoms with van der Waals surface area (Å²) in [5.74, 6) is -1.52. The summed E-state index contributed by atoms with van der Waals surface area (Å²) < 4.78 is 39.7. The van der Waals surface area contributed by atoms with Gasteiger partial charge in [0.05, 0.1) is 19.8 Å². The summed E-state index contributed by atoms with van der Waals surface area (Å²) in [6.45, 7) is 4.36. The predicted octanol–water partition coefficient (Wildman–Crippen LogP) is 20.5. The zero-order valence-corrected chi connectivity index (χ0v) is 54.0. The number of esters is 3. The van der Waals surface area contributed by atoms with Gasteiger partial charge in [0.1, 0.15) is 12.7 Å². The first-order valence-corrected chi connectivity index (χ1v) is 34.6. The molecule has 0 aliphatic rings. The molecule has 478 valence electrons. The van der Waals surface area contributed by atoms with Crippen LogP contribution in [0.3, 0.4) is 0 Å². The molecule has 11 nitrogen and oxygen atoms in total. The number of unbranched alkanes of at least 4 members (excludes halogenated alkanes) is 21. The molecule has 0 bridgehead atoms. The first-order chi connectivity index (χ1) is 41.2. The smallest absolute Gasteiger partial charge is 0.462 e. The number of phosphoric ester groups is 1. The highest BCUT2D eigenvalue weighted by Gasteiger charge is 2.28. The van der Waals surface area contributed by atoms with E-state index in [-0.39, 0.29) is 25.9 Å². The maximum Gasteiger partial charge on any atom is 0.472 e. The van der Waals surface area contributed by atoms with E-state index in [0.29, 0.717) is 19.3 Å². The van der Waals surface area contributed by atoms with E-state index < -0.39 is 57.8 Å². The third-order valence-corrected chi connectivity index (χ3v) is 14.5. The quantitative estimate of drug-likeness (QED) is 0.0197. The molecule has 3 unspecified atom stereocenters. The number of aliphatic hydroxyl groups excluding tert-OH is 1. The van der Waals surface area contributed by atoms with Crippen molar-refractivity contribution in [3.05, 3.63) is 134 Å². The zero-order valence-electron chi connectivity index (χ0n) is 53.1. The second-order valence-corrected chi connectivity index (χ2v) is 23.0. The van der Waals surface area contributed by atoms with E-state index in [1.54, 1.807) is 0 Å². The lowest BCUT2D eigenvalue weighted by Crippen LogP contribution is -2.30. The number of hydrogen-bond donors (Lipinski definition) is 2. The molecule has 0 aromatic carbocycles. The van der Waals surface area contributed by atoms with Crippen LogP contribution in [0.25, 0.3) is 0 Å². The summed E-state index contributed by atoms with van der Waals surface area (Å²) in [5.41, 5.74) is 0. The fourth-order valence-electron chi connectivity index (χ4n) is 8.58. The van der Waals surface area contributed by atoms with Crippen molar-refractivity contribution in [2.24, 2.45) is 0 Å². The third-order valence-electron chi connectivity index (χ3n) is 13.5. The van der Waals surface area contributed by atoms with Crippen LogP contribution in [0.5, 0.6) is 0 Å². The molecule has 0 amide bonds. The number of carbonyl (C=O) groups excluding carboxylic acids is 3. The largest absolute Gasteiger partial charge is 0.472 e. The summed E-state index contributed by atoms with van der Waals surface area (Å²) in [6.07, 6.45) is 82.5. The Bertz CT molecular complexity index is 1920. The van der Waals surface area contributed by atoms with Gasteiger partial charge in [-0.1, -0.05) is 244 Å². The standard InChI is InChI=1S/C72H119O11P/c1-4-7-10-13-16-19-22-25-28-31-34-37-40-43-46-49-52-55-58-61-70(74)79-65-69(83-72(76)63-60-57-54-51-48-45-42-39-36-33-30-27-24-21-18-15-12-9-6-3)67-81-84(77,78)80-66-68(64-73)82-71(75)62-59-56-53-50-47-44-41-38-35-32-29-26-23-20-17-14-11-8-5-2/h8-9,11-12,16-21,25-30,34-39,68-69,73H,4-7,10,13-15,22-24,31-33,40-67H2,1-3H3,(H,77,78)/b11-8-,12-9-,19-16-,20-17-,21-18-,28-25-,29-26-,30-27-,37-34-,38-35-,39-36-. The Morgan fingerprint density at radius 3 is 0.952 bits per heavy atom. The Hall–Kier alpha value is -4.38. The minimum absolute atomic E-state index is 0.140. The van der Waals surface area contributed by atoms with Crippen LogP contribution in [0.1, 0.15) is 265 Å². The van der Waals surface area contributed by atoms with E-state index in [2.05, 4.69) is 154 Å². The molecule has 0 saturated carbocycles. The van der Waals surface area contributed by atoms with Gasteiger partial charge >= 0.3 is 25.7 Å². The topological polar surface area (TPSA) is 155 Å². The molecule has 0 saturated heterocycles. The van der Waals surface area contributed by atoms with Crippen LogP contribution in [0.4, 0.5) is 0 Å². The Kier molecular flexibility index (Phi) is 61.2.